The number of oxime groups is 1. The van der Waals surface area contributed by atoms with Gasteiger partial charge in [0.05, 0.1) is 30.1 Å². The molecular formula is C43H58N3O18P3. The predicted octanol–water partition coefficient (Wildman–Crippen LogP) is 6.47. The molecule has 4 bridgehead atoms. The van der Waals surface area contributed by atoms with E-state index in [0.29, 0.717) is 12.8 Å². The highest BCUT2D eigenvalue weighted by Gasteiger charge is 2.86. The van der Waals surface area contributed by atoms with Gasteiger partial charge in [-0.3, -0.25) is 14.5 Å². The molecule has 1 spiro atoms. The molecule has 1 aromatic carbocycles. The van der Waals surface area contributed by atoms with Gasteiger partial charge in [-0.05, 0) is 99.1 Å². The summed E-state index contributed by atoms with van der Waals surface area (Å²) in [6, 6.07) is 0. The van der Waals surface area contributed by atoms with Crippen LogP contribution in [0.1, 0.15) is 103 Å². The van der Waals surface area contributed by atoms with E-state index >= 15 is 9.59 Å². The van der Waals surface area contributed by atoms with Crippen LogP contribution in [0.25, 0.3) is 6.08 Å². The van der Waals surface area contributed by atoms with Crippen LogP contribution in [-0.2, 0) is 47.8 Å². The molecule has 1 saturated heterocycles. The fourth-order valence-electron chi connectivity index (χ4n) is 10.6. The Morgan fingerprint density at radius 2 is 1.61 bits per heavy atom. The number of ether oxygens (including phenoxy) is 4. The number of carbonyl (C=O) groups excluding carboxylic acids is 3. The van der Waals surface area contributed by atoms with Crippen molar-refractivity contribution in [2.75, 3.05) is 7.11 Å². The van der Waals surface area contributed by atoms with Crippen LogP contribution in [0.15, 0.2) is 58.5 Å². The maximum absolute atomic E-state index is 16.3. The number of amidine groups is 1. The van der Waals surface area contributed by atoms with Gasteiger partial charge < -0.3 is 54.8 Å². The van der Waals surface area contributed by atoms with Crippen LogP contribution in [0, 0.1) is 29.6 Å². The molecule has 10 atom stereocenters. The lowest BCUT2D eigenvalue weighted by molar-refractivity contribution is -0.212. The van der Waals surface area contributed by atoms with Crippen molar-refractivity contribution in [2.24, 2.45) is 46.2 Å². The summed E-state index contributed by atoms with van der Waals surface area (Å²) in [5.41, 5.74) is 7.47. The first-order chi connectivity index (χ1) is 30.8. The molecule has 3 heterocycles. The quantitative estimate of drug-likeness (QED) is 0.0128. The van der Waals surface area contributed by atoms with Gasteiger partial charge in [-0.1, -0.05) is 41.1 Å². The van der Waals surface area contributed by atoms with Crippen molar-refractivity contribution in [3.8, 4) is 17.2 Å². The summed E-state index contributed by atoms with van der Waals surface area (Å²) >= 11 is 0. The Hall–Kier alpha value is -4.39. The molecule has 1 aromatic rings. The van der Waals surface area contributed by atoms with Gasteiger partial charge in [0.1, 0.15) is 28.5 Å². The second-order valence-corrected chi connectivity index (χ2v) is 23.1. The topological polar surface area (TPSA) is 333 Å². The van der Waals surface area contributed by atoms with E-state index < -0.39 is 110 Å². The van der Waals surface area contributed by atoms with Gasteiger partial charge in [0, 0.05) is 35.1 Å². The van der Waals surface area contributed by atoms with Gasteiger partial charge in [-0.25, -0.2) is 18.5 Å². The fraction of sp³-hybridized carbons (Fsp3) is 0.535. The number of rotatable bonds is 17. The normalized spacial score (nSPS) is 30.3. The Kier molecular flexibility index (Phi) is 13.8. The predicted molar refractivity (Wildman–Crippen MR) is 241 cm³/mol. The van der Waals surface area contributed by atoms with Crippen LogP contribution in [0.3, 0.4) is 0 Å². The highest BCUT2D eigenvalue weighted by molar-refractivity contribution is 7.66. The Balaban J connectivity index is 1.76. The zero-order valence-corrected chi connectivity index (χ0v) is 41.2. The molecule has 4 fully saturated rings. The first-order valence-corrected chi connectivity index (χ1v) is 25.7. The minimum absolute atomic E-state index is 0.0177. The van der Waals surface area contributed by atoms with Crippen LogP contribution in [0.5, 0.6) is 17.2 Å². The van der Waals surface area contributed by atoms with Crippen LogP contribution >= 0.6 is 23.5 Å². The van der Waals surface area contributed by atoms with E-state index in [9.17, 15) is 43.3 Å². The number of benzene rings is 1. The van der Waals surface area contributed by atoms with Gasteiger partial charge in [0.25, 0.3) is 0 Å². The van der Waals surface area contributed by atoms with Crippen molar-refractivity contribution in [1.82, 2.24) is 0 Å². The highest BCUT2D eigenvalue weighted by Crippen LogP contribution is 2.74. The van der Waals surface area contributed by atoms with Crippen molar-refractivity contribution in [1.29, 1.82) is 0 Å². The highest BCUT2D eigenvalue weighted by atomic mass is 31.3. The third kappa shape index (κ3) is 9.28. The third-order valence-corrected chi connectivity index (χ3v) is 16.9. The summed E-state index contributed by atoms with van der Waals surface area (Å²) in [5.74, 6) is -10.1. The van der Waals surface area contributed by atoms with Crippen molar-refractivity contribution in [3.63, 3.8) is 0 Å². The molecule has 0 amide bonds. The maximum atomic E-state index is 16.3. The summed E-state index contributed by atoms with van der Waals surface area (Å²) in [6.07, 6.45) is 8.89. The lowest BCUT2D eigenvalue weighted by atomic mass is 9.41. The van der Waals surface area contributed by atoms with Gasteiger partial charge in [0.15, 0.2) is 28.5 Å². The lowest BCUT2D eigenvalue weighted by Crippen LogP contribution is -2.79. The molecule has 3 saturated carbocycles. The zero-order valence-electron chi connectivity index (χ0n) is 38.5. The SMILES string of the molecule is C=C(N)C(/C(N)=N\O)C1C2CC3C(C)(C)OC(C/C=C(/C)C(=O)OC)(C2=O)C32Oc3c(CC=C(C)C)c4c(c(OP(=O)(O)OP(=O)(O)OP(=O)(O)O)c3C(=O)C12)C=CC(C)(CCC=C(C)C)O4. The van der Waals surface area contributed by atoms with E-state index in [1.807, 2.05) is 33.8 Å². The molecule has 0 aromatic heterocycles. The summed E-state index contributed by atoms with van der Waals surface area (Å²) < 4.78 is 78.1. The molecule has 3 aliphatic heterocycles. The number of esters is 1. The van der Waals surface area contributed by atoms with E-state index in [-0.39, 0.29) is 53.2 Å². The number of ketones is 2. The van der Waals surface area contributed by atoms with Gasteiger partial charge >= 0.3 is 29.4 Å². The summed E-state index contributed by atoms with van der Waals surface area (Å²) in [6.45, 7) is 18.0. The molecule has 6 aliphatic rings. The number of Topliss-reactive ketones (excluding diaryl/α,β-unsaturated/α-hetero) is 2. The van der Waals surface area contributed by atoms with E-state index in [4.69, 9.17) is 34.9 Å². The number of nitrogens with zero attached hydrogens (tertiary/aromatic N) is 1. The average Bonchev–Trinajstić information content (AvgIpc) is 3.32. The molecule has 21 nitrogen and oxygen atoms in total. The Labute approximate surface area is 387 Å². The minimum Gasteiger partial charge on any atom is -0.482 e. The van der Waals surface area contributed by atoms with Crippen molar-refractivity contribution in [3.05, 3.63) is 70.0 Å². The Morgan fingerprint density at radius 3 is 2.18 bits per heavy atom. The number of allylic oxidation sites excluding steroid dienone is 4. The smallest absolute Gasteiger partial charge is 0.482 e. The average molecular weight is 998 g/mol. The first-order valence-electron chi connectivity index (χ1n) is 21.2. The van der Waals surface area contributed by atoms with Crippen LogP contribution in [0.4, 0.5) is 0 Å². The van der Waals surface area contributed by atoms with Gasteiger partial charge in [-0.2, -0.15) is 8.62 Å². The van der Waals surface area contributed by atoms with E-state index in [1.165, 1.54) is 26.2 Å². The molecule has 24 heteroatoms. The van der Waals surface area contributed by atoms with Gasteiger partial charge in [0.2, 0.25) is 0 Å². The molecule has 9 N–H and O–H groups in total. The second kappa shape index (κ2) is 17.8. The molecule has 0 radical (unpaired) electrons. The number of carbonyl (C=O) groups is 3. The monoisotopic (exact) mass is 997 g/mol. The zero-order chi connectivity index (χ0) is 50.2. The van der Waals surface area contributed by atoms with Crippen molar-refractivity contribution in [2.45, 2.75) is 110 Å². The van der Waals surface area contributed by atoms with Crippen molar-refractivity contribution >= 4 is 52.9 Å². The number of nitrogens with two attached hydrogens (primary N) is 2. The molecule has 3 aliphatic carbocycles. The molecule has 7 rings (SSSR count). The minimum atomic E-state index is -6.11. The van der Waals surface area contributed by atoms with Crippen molar-refractivity contribution < 1.29 is 85.0 Å². The fourth-order valence-corrected chi connectivity index (χ4v) is 13.7. The Bertz CT molecular complexity index is 2610. The molecular weight excluding hydrogens is 939 g/mol. The van der Waals surface area contributed by atoms with Gasteiger partial charge in [-0.15, -0.1) is 0 Å². The van der Waals surface area contributed by atoms with E-state index in [1.54, 1.807) is 32.9 Å². The lowest BCUT2D eigenvalue weighted by Gasteiger charge is -2.64. The summed E-state index contributed by atoms with van der Waals surface area (Å²) in [7, 11) is -16.9. The molecule has 10 unspecified atom stereocenters. The summed E-state index contributed by atoms with van der Waals surface area (Å²) in [4.78, 5) is 84.6. The summed E-state index contributed by atoms with van der Waals surface area (Å²) in [5, 5.41) is 13.3. The third-order valence-electron chi connectivity index (χ3n) is 13.1. The Morgan fingerprint density at radius 1 is 0.970 bits per heavy atom. The second-order valence-electron chi connectivity index (χ2n) is 18.8. The van der Waals surface area contributed by atoms with E-state index in [0.717, 1.165) is 11.1 Å². The van der Waals surface area contributed by atoms with E-state index in [2.05, 4.69) is 20.4 Å². The largest absolute Gasteiger partial charge is 0.536 e. The standard InChI is InChI=1S/C43H58N3O18P3/c1-21(2)12-11-17-41(9)18-16-26-34(59-41)25(14-13-22(3)4)35-31(36(26)61-66(54,55)64-67(56,57)63-65(51,52)53)33(47)32-30(29(24(6)44)38(45)46-50)27-20-28-40(7,8)62-42(37(27)48,43(28,32)60-35)19-15-23(5)39(49)58-10/h12-13,15-16,18,27-30,32,50H,6,11,14,17,19-20,44H2,1-5,7-10H3,(H2,45,46)(H,54,55)(H,56,57)(H2,51,52,53)/b23-15-. The number of phosphoric ester groups is 1. The number of hydrogen-bond donors (Lipinski definition) is 7. The first kappa shape index (κ1) is 52.0. The number of hydrogen-bond acceptors (Lipinski definition) is 16. The van der Waals surface area contributed by atoms with Crippen LogP contribution in [-0.4, -0.2) is 77.7 Å². The molecule has 67 heavy (non-hydrogen) atoms. The van der Waals surface area contributed by atoms with Crippen LogP contribution in [0.2, 0.25) is 0 Å². The maximum Gasteiger partial charge on any atom is 0.536 e. The van der Waals surface area contributed by atoms with Crippen LogP contribution < -0.4 is 25.5 Å². The molecule has 368 valence electrons. The number of phosphoric acid groups is 3. The number of methoxy groups -OCH3 is 1. The number of fused-ring (bicyclic) bond motifs is 2.